The Morgan fingerprint density at radius 3 is 2.25 bits per heavy atom. The van der Waals surface area contributed by atoms with Gasteiger partial charge in [0.15, 0.2) is 5.78 Å². The van der Waals surface area contributed by atoms with Crippen LogP contribution in [0.5, 0.6) is 0 Å². The van der Waals surface area contributed by atoms with Gasteiger partial charge in [0.1, 0.15) is 5.82 Å². The molecule has 2 rings (SSSR count). The van der Waals surface area contributed by atoms with Gasteiger partial charge in [0.25, 0.3) is 0 Å². The summed E-state index contributed by atoms with van der Waals surface area (Å²) in [5, 5.41) is 0. The SMILES string of the molecule is O=C(c1ccccc1F)c1cc(C(F)(F)F)ccc1Br. The molecule has 2 aromatic rings. The van der Waals surface area contributed by atoms with E-state index in [1.54, 1.807) is 0 Å². The summed E-state index contributed by atoms with van der Waals surface area (Å²) in [6, 6.07) is 7.82. The zero-order valence-corrected chi connectivity index (χ0v) is 11.4. The summed E-state index contributed by atoms with van der Waals surface area (Å²) >= 11 is 3.01. The number of alkyl halides is 3. The number of hydrogen-bond donors (Lipinski definition) is 0. The van der Waals surface area contributed by atoms with Crippen LogP contribution >= 0.6 is 15.9 Å². The van der Waals surface area contributed by atoms with Crippen molar-refractivity contribution in [3.05, 3.63) is 69.4 Å². The molecule has 0 saturated carbocycles. The van der Waals surface area contributed by atoms with Crippen molar-refractivity contribution in [3.8, 4) is 0 Å². The van der Waals surface area contributed by atoms with Crippen molar-refractivity contribution in [1.82, 2.24) is 0 Å². The molecule has 0 aliphatic heterocycles. The van der Waals surface area contributed by atoms with Gasteiger partial charge in [0.2, 0.25) is 0 Å². The molecule has 104 valence electrons. The van der Waals surface area contributed by atoms with E-state index in [9.17, 15) is 22.4 Å². The van der Waals surface area contributed by atoms with Gasteiger partial charge in [-0.05, 0) is 30.3 Å². The van der Waals surface area contributed by atoms with Crippen molar-refractivity contribution < 1.29 is 22.4 Å². The predicted molar refractivity (Wildman–Crippen MR) is 69.0 cm³/mol. The van der Waals surface area contributed by atoms with E-state index in [2.05, 4.69) is 15.9 Å². The van der Waals surface area contributed by atoms with E-state index >= 15 is 0 Å². The minimum absolute atomic E-state index is 0.179. The van der Waals surface area contributed by atoms with E-state index in [1.165, 1.54) is 18.2 Å². The Morgan fingerprint density at radius 1 is 1.00 bits per heavy atom. The van der Waals surface area contributed by atoms with Crippen LogP contribution in [-0.2, 0) is 6.18 Å². The molecule has 20 heavy (non-hydrogen) atoms. The number of rotatable bonds is 2. The third kappa shape index (κ3) is 2.90. The van der Waals surface area contributed by atoms with Crippen molar-refractivity contribution in [3.63, 3.8) is 0 Å². The van der Waals surface area contributed by atoms with Crippen molar-refractivity contribution in [2.24, 2.45) is 0 Å². The minimum atomic E-state index is -4.56. The molecular formula is C14H7BrF4O. The average Bonchev–Trinajstić information content (AvgIpc) is 2.37. The van der Waals surface area contributed by atoms with E-state index in [4.69, 9.17) is 0 Å². The molecule has 0 N–H and O–H groups in total. The maximum atomic E-state index is 13.5. The van der Waals surface area contributed by atoms with Crippen LogP contribution in [0, 0.1) is 5.82 Å². The monoisotopic (exact) mass is 346 g/mol. The first kappa shape index (κ1) is 14.7. The van der Waals surface area contributed by atoms with Crippen molar-refractivity contribution in [2.75, 3.05) is 0 Å². The molecule has 0 aromatic heterocycles. The Morgan fingerprint density at radius 2 is 1.65 bits per heavy atom. The fraction of sp³-hybridized carbons (Fsp3) is 0.0714. The average molecular weight is 347 g/mol. The highest BCUT2D eigenvalue weighted by atomic mass is 79.9. The van der Waals surface area contributed by atoms with E-state index in [0.717, 1.165) is 18.2 Å². The van der Waals surface area contributed by atoms with Crippen LogP contribution in [0.4, 0.5) is 17.6 Å². The fourth-order valence-electron chi connectivity index (χ4n) is 1.67. The molecule has 0 atom stereocenters. The number of carbonyl (C=O) groups excluding carboxylic acids is 1. The number of benzene rings is 2. The first-order valence-corrected chi connectivity index (χ1v) is 6.26. The molecule has 0 aliphatic rings. The Kier molecular flexibility index (Phi) is 3.94. The molecule has 0 spiro atoms. The molecule has 0 amide bonds. The minimum Gasteiger partial charge on any atom is -0.288 e. The highest BCUT2D eigenvalue weighted by molar-refractivity contribution is 9.10. The van der Waals surface area contributed by atoms with Gasteiger partial charge in [0.05, 0.1) is 11.1 Å². The normalized spacial score (nSPS) is 11.4. The highest BCUT2D eigenvalue weighted by Gasteiger charge is 2.31. The van der Waals surface area contributed by atoms with Crippen LogP contribution in [0.2, 0.25) is 0 Å². The number of ketones is 1. The maximum Gasteiger partial charge on any atom is 0.416 e. The standard InChI is InChI=1S/C14H7BrF4O/c15-11-6-5-8(14(17,18)19)7-10(11)13(20)9-3-1-2-4-12(9)16/h1-7H. The zero-order valence-electron chi connectivity index (χ0n) is 9.84. The van der Waals surface area contributed by atoms with E-state index < -0.39 is 23.3 Å². The van der Waals surface area contributed by atoms with Crippen molar-refractivity contribution in [1.29, 1.82) is 0 Å². The van der Waals surface area contributed by atoms with E-state index in [0.29, 0.717) is 6.07 Å². The van der Waals surface area contributed by atoms with Gasteiger partial charge in [-0.3, -0.25) is 4.79 Å². The van der Waals surface area contributed by atoms with Gasteiger partial charge < -0.3 is 0 Å². The molecule has 0 saturated heterocycles. The van der Waals surface area contributed by atoms with E-state index in [1.807, 2.05) is 0 Å². The second kappa shape index (κ2) is 5.36. The smallest absolute Gasteiger partial charge is 0.288 e. The summed E-state index contributed by atoms with van der Waals surface area (Å²) in [5.41, 5.74) is -1.46. The topological polar surface area (TPSA) is 17.1 Å². The van der Waals surface area contributed by atoms with Gasteiger partial charge in [0, 0.05) is 10.0 Å². The lowest BCUT2D eigenvalue weighted by molar-refractivity contribution is -0.137. The number of hydrogen-bond acceptors (Lipinski definition) is 1. The third-order valence-corrected chi connectivity index (χ3v) is 3.35. The molecule has 2 aromatic carbocycles. The quantitative estimate of drug-likeness (QED) is 0.561. The summed E-state index contributed by atoms with van der Waals surface area (Å²) in [5.74, 6) is -1.58. The Balaban J connectivity index is 2.53. The summed E-state index contributed by atoms with van der Waals surface area (Å²) in [6.07, 6.45) is -4.56. The molecule has 0 heterocycles. The van der Waals surface area contributed by atoms with Crippen LogP contribution in [0.25, 0.3) is 0 Å². The molecular weight excluding hydrogens is 340 g/mol. The van der Waals surface area contributed by atoms with Gasteiger partial charge in [-0.15, -0.1) is 0 Å². The summed E-state index contributed by atoms with van der Waals surface area (Å²) in [4.78, 5) is 12.1. The van der Waals surface area contributed by atoms with Crippen LogP contribution in [0.3, 0.4) is 0 Å². The van der Waals surface area contributed by atoms with E-state index in [-0.39, 0.29) is 15.6 Å². The van der Waals surface area contributed by atoms with Crippen molar-refractivity contribution in [2.45, 2.75) is 6.18 Å². The number of halogens is 5. The summed E-state index contributed by atoms with van der Waals surface area (Å²) in [6.45, 7) is 0. The van der Waals surface area contributed by atoms with Gasteiger partial charge in [-0.1, -0.05) is 28.1 Å². The van der Waals surface area contributed by atoms with Crippen LogP contribution in [0.1, 0.15) is 21.5 Å². The summed E-state index contributed by atoms with van der Waals surface area (Å²) in [7, 11) is 0. The molecule has 0 fully saturated rings. The maximum absolute atomic E-state index is 13.5. The lowest BCUT2D eigenvalue weighted by Crippen LogP contribution is -2.10. The third-order valence-electron chi connectivity index (χ3n) is 2.66. The Labute approximate surface area is 120 Å². The molecule has 0 unspecified atom stereocenters. The molecule has 0 radical (unpaired) electrons. The second-order valence-corrected chi connectivity index (χ2v) is 4.86. The first-order chi connectivity index (χ1) is 9.30. The molecule has 1 nitrogen and oxygen atoms in total. The largest absolute Gasteiger partial charge is 0.416 e. The predicted octanol–water partition coefficient (Wildman–Crippen LogP) is 4.84. The Hall–Kier alpha value is -1.69. The fourth-order valence-corrected chi connectivity index (χ4v) is 2.09. The molecule has 0 aliphatic carbocycles. The van der Waals surface area contributed by atoms with Gasteiger partial charge in [-0.2, -0.15) is 13.2 Å². The van der Waals surface area contributed by atoms with Crippen LogP contribution < -0.4 is 0 Å². The molecule has 6 heteroatoms. The molecule has 0 bridgehead atoms. The Bertz CT molecular complexity index is 664. The second-order valence-electron chi connectivity index (χ2n) is 4.00. The zero-order chi connectivity index (χ0) is 14.9. The van der Waals surface area contributed by atoms with Crippen LogP contribution in [0.15, 0.2) is 46.9 Å². The van der Waals surface area contributed by atoms with Gasteiger partial charge in [-0.25, -0.2) is 4.39 Å². The van der Waals surface area contributed by atoms with Gasteiger partial charge >= 0.3 is 6.18 Å². The van der Waals surface area contributed by atoms with Crippen molar-refractivity contribution >= 4 is 21.7 Å². The van der Waals surface area contributed by atoms with Crippen LogP contribution in [-0.4, -0.2) is 5.78 Å². The lowest BCUT2D eigenvalue weighted by Gasteiger charge is -2.10. The first-order valence-electron chi connectivity index (χ1n) is 5.46. The lowest BCUT2D eigenvalue weighted by atomic mass is 10.0. The number of carbonyl (C=O) groups is 1. The highest BCUT2D eigenvalue weighted by Crippen LogP contribution is 2.32. The summed E-state index contributed by atoms with van der Waals surface area (Å²) < 4.78 is 51.6.